The van der Waals surface area contributed by atoms with Gasteiger partial charge in [-0.15, -0.1) is 16.4 Å². The highest BCUT2D eigenvalue weighted by atomic mass is 16.4. The van der Waals surface area contributed by atoms with Crippen LogP contribution in [-0.2, 0) is 19.4 Å². The lowest BCUT2D eigenvalue weighted by Crippen LogP contribution is -2.31. The minimum atomic E-state index is -0.990. The van der Waals surface area contributed by atoms with Crippen molar-refractivity contribution >= 4 is 11.9 Å². The number of carboxylic acid groups (broad SMARTS) is 1. The number of allylic oxidation sites excluding steroid dienone is 1. The van der Waals surface area contributed by atoms with Crippen LogP contribution in [0.5, 0.6) is 0 Å². The number of nitrogens with zero attached hydrogens (tertiary/aromatic N) is 3. The van der Waals surface area contributed by atoms with Gasteiger partial charge in [-0.25, -0.2) is 9.59 Å². The van der Waals surface area contributed by atoms with Crippen LogP contribution >= 0.6 is 0 Å². The zero-order valence-corrected chi connectivity index (χ0v) is 19.1. The predicted octanol–water partition coefficient (Wildman–Crippen LogP) is 4.46. The highest BCUT2D eigenvalue weighted by Gasteiger charge is 2.19. The monoisotopic (exact) mass is 467 g/mol. The van der Waals surface area contributed by atoms with E-state index in [4.69, 9.17) is 0 Å². The van der Waals surface area contributed by atoms with Crippen molar-refractivity contribution in [2.45, 2.75) is 25.8 Å². The van der Waals surface area contributed by atoms with E-state index in [0.717, 1.165) is 21.4 Å². The summed E-state index contributed by atoms with van der Waals surface area (Å²) in [5.41, 5.74) is 2.77. The molecule has 0 amide bonds. The standard InChI is InChI=1S/C28H25N3O4/c1-2-3-13-25-29-31(26(32)18-20-9-5-4-6-10-20)28(35)30(25)19-21-14-16-22(17-15-21)23-11-7-8-12-24(23)27(33)34/h2,4-12,14-17H,1,3,13,18-19H2,(H,33,34). The number of hydrogen-bond donors (Lipinski definition) is 1. The summed E-state index contributed by atoms with van der Waals surface area (Å²) in [4.78, 5) is 37.5. The van der Waals surface area contributed by atoms with E-state index in [-0.39, 0.29) is 24.4 Å². The van der Waals surface area contributed by atoms with Gasteiger partial charge in [-0.05, 0) is 34.7 Å². The lowest BCUT2D eigenvalue weighted by Gasteiger charge is -2.09. The number of aryl methyl sites for hydroxylation is 1. The third-order valence-corrected chi connectivity index (χ3v) is 5.71. The zero-order chi connectivity index (χ0) is 24.8. The van der Waals surface area contributed by atoms with Crippen molar-refractivity contribution in [3.8, 4) is 11.1 Å². The maximum atomic E-state index is 13.1. The first-order chi connectivity index (χ1) is 17.0. The molecule has 1 aromatic heterocycles. The van der Waals surface area contributed by atoms with Crippen LogP contribution < -0.4 is 5.69 Å². The number of carbonyl (C=O) groups excluding carboxylic acids is 1. The molecule has 4 aromatic rings. The molecule has 0 saturated heterocycles. The van der Waals surface area contributed by atoms with Gasteiger partial charge >= 0.3 is 11.7 Å². The summed E-state index contributed by atoms with van der Waals surface area (Å²) in [5.74, 6) is -0.868. The van der Waals surface area contributed by atoms with Crippen LogP contribution in [0.2, 0.25) is 0 Å². The Hall–Kier alpha value is -4.52. The molecule has 176 valence electrons. The highest BCUT2D eigenvalue weighted by Crippen LogP contribution is 2.24. The van der Waals surface area contributed by atoms with E-state index < -0.39 is 11.7 Å². The molecule has 0 saturated carbocycles. The maximum absolute atomic E-state index is 13.1. The number of aromatic carboxylic acids is 1. The van der Waals surface area contributed by atoms with Gasteiger partial charge in [0.1, 0.15) is 5.82 Å². The fourth-order valence-corrected chi connectivity index (χ4v) is 3.91. The molecule has 0 spiro atoms. The Labute approximate surface area is 202 Å². The lowest BCUT2D eigenvalue weighted by molar-refractivity contribution is 0.0697. The van der Waals surface area contributed by atoms with Crippen LogP contribution in [0.15, 0.2) is 96.3 Å². The minimum Gasteiger partial charge on any atom is -0.478 e. The number of benzene rings is 3. The van der Waals surface area contributed by atoms with Gasteiger partial charge in [0.2, 0.25) is 0 Å². The summed E-state index contributed by atoms with van der Waals surface area (Å²) >= 11 is 0. The Morgan fingerprint density at radius 1 is 0.914 bits per heavy atom. The van der Waals surface area contributed by atoms with Gasteiger partial charge in [0, 0.05) is 6.42 Å². The molecular weight excluding hydrogens is 442 g/mol. The number of aromatic nitrogens is 3. The van der Waals surface area contributed by atoms with E-state index in [9.17, 15) is 19.5 Å². The molecule has 3 aromatic carbocycles. The van der Waals surface area contributed by atoms with Crippen LogP contribution in [-0.4, -0.2) is 31.3 Å². The van der Waals surface area contributed by atoms with Gasteiger partial charge in [0.05, 0.1) is 18.5 Å². The van der Waals surface area contributed by atoms with Crippen molar-refractivity contribution in [3.63, 3.8) is 0 Å². The van der Waals surface area contributed by atoms with Crippen molar-refractivity contribution < 1.29 is 14.7 Å². The van der Waals surface area contributed by atoms with E-state index >= 15 is 0 Å². The Balaban J connectivity index is 1.62. The molecule has 1 N–H and O–H groups in total. The predicted molar refractivity (Wildman–Crippen MR) is 134 cm³/mol. The van der Waals surface area contributed by atoms with Crippen molar-refractivity contribution in [1.82, 2.24) is 14.3 Å². The largest absolute Gasteiger partial charge is 0.478 e. The first-order valence-electron chi connectivity index (χ1n) is 11.3. The molecule has 4 rings (SSSR count). The molecule has 0 aliphatic rings. The van der Waals surface area contributed by atoms with Crippen LogP contribution in [0.3, 0.4) is 0 Å². The molecule has 7 heteroatoms. The van der Waals surface area contributed by atoms with Crippen LogP contribution in [0, 0.1) is 0 Å². The summed E-state index contributed by atoms with van der Waals surface area (Å²) < 4.78 is 2.45. The Bertz CT molecular complexity index is 1420. The van der Waals surface area contributed by atoms with E-state index in [1.54, 1.807) is 30.3 Å². The molecule has 0 unspecified atom stereocenters. The van der Waals surface area contributed by atoms with Crippen molar-refractivity contribution in [1.29, 1.82) is 0 Å². The van der Waals surface area contributed by atoms with Gasteiger partial charge in [-0.3, -0.25) is 9.36 Å². The summed E-state index contributed by atoms with van der Waals surface area (Å²) in [6.45, 7) is 3.98. The van der Waals surface area contributed by atoms with Crippen LogP contribution in [0.4, 0.5) is 0 Å². The number of hydrogen-bond acceptors (Lipinski definition) is 4. The Kier molecular flexibility index (Phi) is 7.16. The second-order valence-corrected chi connectivity index (χ2v) is 8.13. The molecule has 0 fully saturated rings. The summed E-state index contributed by atoms with van der Waals surface area (Å²) in [5, 5.41) is 13.8. The maximum Gasteiger partial charge on any atom is 0.353 e. The van der Waals surface area contributed by atoms with Gasteiger partial charge in [0.25, 0.3) is 5.91 Å². The second kappa shape index (κ2) is 10.6. The third-order valence-electron chi connectivity index (χ3n) is 5.71. The molecular formula is C28H25N3O4. The van der Waals surface area contributed by atoms with E-state index in [0.29, 0.717) is 24.2 Å². The van der Waals surface area contributed by atoms with Crippen LogP contribution in [0.25, 0.3) is 11.1 Å². The Morgan fingerprint density at radius 3 is 2.29 bits per heavy atom. The normalized spacial score (nSPS) is 10.7. The molecule has 0 bridgehead atoms. The van der Waals surface area contributed by atoms with Gasteiger partial charge in [-0.1, -0.05) is 78.9 Å². The third kappa shape index (κ3) is 5.35. The summed E-state index contributed by atoms with van der Waals surface area (Å²) in [7, 11) is 0. The van der Waals surface area contributed by atoms with Crippen molar-refractivity contribution in [2.24, 2.45) is 0 Å². The van der Waals surface area contributed by atoms with Gasteiger partial charge < -0.3 is 5.11 Å². The fraction of sp³-hybridized carbons (Fsp3) is 0.143. The van der Waals surface area contributed by atoms with E-state index in [1.165, 1.54) is 4.57 Å². The smallest absolute Gasteiger partial charge is 0.353 e. The molecule has 0 aliphatic carbocycles. The molecule has 0 radical (unpaired) electrons. The topological polar surface area (TPSA) is 94.2 Å². The molecule has 35 heavy (non-hydrogen) atoms. The number of carbonyl (C=O) groups is 2. The average molecular weight is 468 g/mol. The lowest BCUT2D eigenvalue weighted by atomic mass is 9.99. The van der Waals surface area contributed by atoms with E-state index in [1.807, 2.05) is 54.6 Å². The van der Waals surface area contributed by atoms with E-state index in [2.05, 4.69) is 11.7 Å². The first kappa shape index (κ1) is 23.6. The van der Waals surface area contributed by atoms with Crippen LogP contribution in [0.1, 0.15) is 38.5 Å². The minimum absolute atomic E-state index is 0.0797. The molecule has 7 nitrogen and oxygen atoms in total. The average Bonchev–Trinajstić information content (AvgIpc) is 3.18. The second-order valence-electron chi connectivity index (χ2n) is 8.13. The molecule has 1 heterocycles. The van der Waals surface area contributed by atoms with Gasteiger partial charge in [-0.2, -0.15) is 0 Å². The number of rotatable bonds is 9. The van der Waals surface area contributed by atoms with Gasteiger partial charge in [0.15, 0.2) is 0 Å². The van der Waals surface area contributed by atoms with Crippen molar-refractivity contribution in [3.05, 3.63) is 125 Å². The number of carboxylic acids is 1. The Morgan fingerprint density at radius 2 is 1.60 bits per heavy atom. The van der Waals surface area contributed by atoms with Crippen molar-refractivity contribution in [2.75, 3.05) is 0 Å². The zero-order valence-electron chi connectivity index (χ0n) is 19.1. The fourth-order valence-electron chi connectivity index (χ4n) is 3.91. The molecule has 0 aliphatic heterocycles. The highest BCUT2D eigenvalue weighted by molar-refractivity contribution is 5.96. The summed E-state index contributed by atoms with van der Waals surface area (Å²) in [6.07, 6.45) is 2.92. The summed E-state index contributed by atoms with van der Waals surface area (Å²) in [6, 6.07) is 23.4. The SMILES string of the molecule is C=CCCc1nn(C(=O)Cc2ccccc2)c(=O)n1Cc1ccc(-c2ccccc2C(=O)O)cc1. The quantitative estimate of drug-likeness (QED) is 0.367. The molecule has 0 atom stereocenters. The first-order valence-corrected chi connectivity index (χ1v) is 11.3.